The summed E-state index contributed by atoms with van der Waals surface area (Å²) in [5.41, 5.74) is 6.78. The zero-order valence-corrected chi connectivity index (χ0v) is 17.8. The number of hydrogen-bond donors (Lipinski definition) is 3. The van der Waals surface area contributed by atoms with E-state index in [1.54, 1.807) is 6.07 Å². The number of benzene rings is 2. The number of halogens is 1. The van der Waals surface area contributed by atoms with E-state index < -0.39 is 23.9 Å². The van der Waals surface area contributed by atoms with Gasteiger partial charge < -0.3 is 21.3 Å². The lowest BCUT2D eigenvalue weighted by Gasteiger charge is -2.42. The van der Waals surface area contributed by atoms with Crippen LogP contribution in [0.15, 0.2) is 54.6 Å². The minimum absolute atomic E-state index is 0.212. The summed E-state index contributed by atoms with van der Waals surface area (Å²) in [7, 11) is 0. The lowest BCUT2D eigenvalue weighted by Crippen LogP contribution is -2.64. The Bertz CT molecular complexity index is 940. The molecule has 1 fully saturated rings. The maximum atomic E-state index is 13.5. The Morgan fingerprint density at radius 1 is 1.03 bits per heavy atom. The van der Waals surface area contributed by atoms with Crippen molar-refractivity contribution in [3.8, 4) is 0 Å². The number of aryl methyl sites for hydroxylation is 1. The fourth-order valence-corrected chi connectivity index (χ4v) is 3.67. The van der Waals surface area contributed by atoms with Gasteiger partial charge in [0, 0.05) is 38.3 Å². The number of amides is 4. The van der Waals surface area contributed by atoms with Crippen LogP contribution >= 0.6 is 0 Å². The van der Waals surface area contributed by atoms with Gasteiger partial charge >= 0.3 is 6.03 Å². The van der Waals surface area contributed by atoms with Crippen LogP contribution < -0.4 is 16.4 Å². The third kappa shape index (κ3) is 6.04. The van der Waals surface area contributed by atoms with E-state index in [1.165, 1.54) is 28.0 Å². The number of carbonyl (C=O) groups excluding carboxylic acids is 3. The SMILES string of the molecule is NCCNC(=O)C1N(C(=O)CCc2ccccc2)CCCN1C(=O)Nc1cccc(F)c1. The van der Waals surface area contributed by atoms with Crippen LogP contribution in [0.3, 0.4) is 0 Å². The Kier molecular flexibility index (Phi) is 8.15. The highest BCUT2D eigenvalue weighted by Gasteiger charge is 2.39. The van der Waals surface area contributed by atoms with Crippen molar-refractivity contribution in [2.24, 2.45) is 5.73 Å². The molecule has 1 atom stereocenters. The molecule has 0 aromatic heterocycles. The zero-order valence-electron chi connectivity index (χ0n) is 17.8. The second-order valence-corrected chi connectivity index (χ2v) is 7.51. The molecule has 1 saturated heterocycles. The smallest absolute Gasteiger partial charge is 0.323 e. The summed E-state index contributed by atoms with van der Waals surface area (Å²) in [6, 6.07) is 14.5. The number of rotatable bonds is 7. The molecule has 32 heavy (non-hydrogen) atoms. The standard InChI is InChI=1S/C23H28FN5O3/c24-18-8-4-9-19(16-18)27-23(32)29-15-5-14-28(22(29)21(31)26-13-12-25)20(30)11-10-17-6-2-1-3-7-17/h1-4,6-9,16,22H,5,10-15,25H2,(H,26,31)(H,27,32). The van der Waals surface area contributed by atoms with Crippen molar-refractivity contribution >= 4 is 23.5 Å². The fourth-order valence-electron chi connectivity index (χ4n) is 3.67. The molecule has 4 amide bonds. The van der Waals surface area contributed by atoms with Crippen LogP contribution in [0.4, 0.5) is 14.9 Å². The van der Waals surface area contributed by atoms with E-state index in [0.717, 1.165) is 5.56 Å². The van der Waals surface area contributed by atoms with Gasteiger partial charge in [-0.05, 0) is 36.6 Å². The first-order chi connectivity index (χ1) is 15.5. The van der Waals surface area contributed by atoms with Crippen molar-refractivity contribution in [3.63, 3.8) is 0 Å². The maximum Gasteiger partial charge on any atom is 0.323 e. The summed E-state index contributed by atoms with van der Waals surface area (Å²) in [5, 5.41) is 5.29. The number of nitrogens with two attached hydrogens (primary N) is 1. The summed E-state index contributed by atoms with van der Waals surface area (Å²) in [6.45, 7) is 1.10. The Morgan fingerprint density at radius 3 is 2.50 bits per heavy atom. The molecule has 9 heteroatoms. The monoisotopic (exact) mass is 441 g/mol. The predicted octanol–water partition coefficient (Wildman–Crippen LogP) is 1.93. The van der Waals surface area contributed by atoms with Crippen LogP contribution in [0.25, 0.3) is 0 Å². The van der Waals surface area contributed by atoms with Crippen molar-refractivity contribution in [2.75, 3.05) is 31.5 Å². The third-order valence-electron chi connectivity index (χ3n) is 5.19. The van der Waals surface area contributed by atoms with Crippen LogP contribution in [-0.2, 0) is 16.0 Å². The van der Waals surface area contributed by atoms with Gasteiger partial charge in [0.05, 0.1) is 0 Å². The largest absolute Gasteiger partial charge is 0.351 e. The van der Waals surface area contributed by atoms with Gasteiger partial charge in [-0.15, -0.1) is 0 Å². The van der Waals surface area contributed by atoms with E-state index in [4.69, 9.17) is 5.73 Å². The molecule has 1 aliphatic heterocycles. The first kappa shape index (κ1) is 23.2. The number of nitrogens with one attached hydrogen (secondary N) is 2. The highest BCUT2D eigenvalue weighted by atomic mass is 19.1. The molecule has 0 saturated carbocycles. The highest BCUT2D eigenvalue weighted by Crippen LogP contribution is 2.19. The van der Waals surface area contributed by atoms with Crippen molar-refractivity contribution in [2.45, 2.75) is 25.4 Å². The highest BCUT2D eigenvalue weighted by molar-refractivity contribution is 5.95. The molecule has 170 valence electrons. The average molecular weight is 442 g/mol. The molecule has 1 aliphatic rings. The molecule has 2 aromatic rings. The molecule has 1 unspecified atom stereocenters. The van der Waals surface area contributed by atoms with E-state index in [-0.39, 0.29) is 37.6 Å². The zero-order chi connectivity index (χ0) is 22.9. The quantitative estimate of drug-likeness (QED) is 0.610. The van der Waals surface area contributed by atoms with E-state index in [0.29, 0.717) is 19.4 Å². The van der Waals surface area contributed by atoms with Crippen molar-refractivity contribution in [1.29, 1.82) is 0 Å². The van der Waals surface area contributed by atoms with E-state index in [9.17, 15) is 18.8 Å². The van der Waals surface area contributed by atoms with Crippen molar-refractivity contribution in [1.82, 2.24) is 15.1 Å². The first-order valence-electron chi connectivity index (χ1n) is 10.6. The Balaban J connectivity index is 1.76. The number of hydrogen-bond acceptors (Lipinski definition) is 4. The van der Waals surface area contributed by atoms with Gasteiger partial charge in [0.15, 0.2) is 6.17 Å². The van der Waals surface area contributed by atoms with Crippen LogP contribution in [0.1, 0.15) is 18.4 Å². The Labute approximate surface area is 186 Å². The van der Waals surface area contributed by atoms with Gasteiger partial charge in [0.25, 0.3) is 5.91 Å². The molecule has 0 bridgehead atoms. The van der Waals surface area contributed by atoms with Gasteiger partial charge in [-0.1, -0.05) is 36.4 Å². The van der Waals surface area contributed by atoms with Crippen molar-refractivity contribution in [3.05, 3.63) is 66.0 Å². The Hall–Kier alpha value is -3.46. The summed E-state index contributed by atoms with van der Waals surface area (Å²) in [5.74, 6) is -1.18. The van der Waals surface area contributed by atoms with E-state index in [2.05, 4.69) is 10.6 Å². The molecular weight excluding hydrogens is 413 g/mol. The topological polar surface area (TPSA) is 108 Å². The summed E-state index contributed by atoms with van der Waals surface area (Å²) < 4.78 is 13.5. The molecule has 1 heterocycles. The van der Waals surface area contributed by atoms with Crippen molar-refractivity contribution < 1.29 is 18.8 Å². The molecule has 2 aromatic carbocycles. The lowest BCUT2D eigenvalue weighted by molar-refractivity contribution is -0.148. The van der Waals surface area contributed by atoms with Crippen LogP contribution in [0.5, 0.6) is 0 Å². The summed E-state index contributed by atoms with van der Waals surface area (Å²) >= 11 is 0. The van der Waals surface area contributed by atoms with Gasteiger partial charge in [-0.3, -0.25) is 14.5 Å². The molecule has 0 spiro atoms. The normalized spacial score (nSPS) is 15.9. The predicted molar refractivity (Wildman–Crippen MR) is 119 cm³/mol. The molecule has 3 rings (SSSR count). The summed E-state index contributed by atoms with van der Waals surface area (Å²) in [6.07, 6.45) is 0.161. The fraction of sp³-hybridized carbons (Fsp3) is 0.348. The number of anilines is 1. The molecule has 0 radical (unpaired) electrons. The first-order valence-corrected chi connectivity index (χ1v) is 10.6. The molecule has 8 nitrogen and oxygen atoms in total. The van der Waals surface area contributed by atoms with Crippen LogP contribution in [-0.4, -0.2) is 60.0 Å². The van der Waals surface area contributed by atoms with Gasteiger partial charge in [-0.2, -0.15) is 0 Å². The van der Waals surface area contributed by atoms with Crippen LogP contribution in [0, 0.1) is 5.82 Å². The lowest BCUT2D eigenvalue weighted by atomic mass is 10.1. The minimum atomic E-state index is -1.10. The second-order valence-electron chi connectivity index (χ2n) is 7.51. The maximum absolute atomic E-state index is 13.5. The minimum Gasteiger partial charge on any atom is -0.351 e. The number of nitrogens with zero attached hydrogens (tertiary/aromatic N) is 2. The van der Waals surface area contributed by atoms with E-state index in [1.807, 2.05) is 30.3 Å². The number of urea groups is 1. The molecular formula is C23H28FN5O3. The molecule has 4 N–H and O–H groups in total. The average Bonchev–Trinajstić information content (AvgIpc) is 2.81. The Morgan fingerprint density at radius 2 is 1.78 bits per heavy atom. The number of carbonyl (C=O) groups is 3. The second kappa shape index (κ2) is 11.2. The van der Waals surface area contributed by atoms with Gasteiger partial charge in [-0.25, -0.2) is 9.18 Å². The van der Waals surface area contributed by atoms with E-state index >= 15 is 0 Å². The van der Waals surface area contributed by atoms with Crippen LogP contribution in [0.2, 0.25) is 0 Å². The van der Waals surface area contributed by atoms with Gasteiger partial charge in [0.2, 0.25) is 5.91 Å². The molecule has 0 aliphatic carbocycles. The van der Waals surface area contributed by atoms with Gasteiger partial charge in [0.1, 0.15) is 5.82 Å². The third-order valence-corrected chi connectivity index (χ3v) is 5.19. The summed E-state index contributed by atoms with van der Waals surface area (Å²) in [4.78, 5) is 41.7.